The molecule has 0 fully saturated rings. The summed E-state index contributed by atoms with van der Waals surface area (Å²) in [7, 11) is 0. The van der Waals surface area contributed by atoms with Crippen molar-refractivity contribution >= 4 is 46.6 Å². The minimum absolute atomic E-state index is 0.144. The van der Waals surface area contributed by atoms with Crippen molar-refractivity contribution in [2.75, 3.05) is 6.26 Å². The Morgan fingerprint density at radius 2 is 2.33 bits per heavy atom. The smallest absolute Gasteiger partial charge is 0.324 e. The minimum Gasteiger partial charge on any atom is -0.462 e. The van der Waals surface area contributed by atoms with Crippen LogP contribution < -0.4 is 10.6 Å². The van der Waals surface area contributed by atoms with Crippen LogP contribution in [0.4, 0.5) is 4.79 Å². The van der Waals surface area contributed by atoms with E-state index in [1.807, 2.05) is 0 Å². The number of carbonyl (C=O) groups is 1. The summed E-state index contributed by atoms with van der Waals surface area (Å²) < 4.78 is 9.18. The monoisotopic (exact) mass is 320 g/mol. The van der Waals surface area contributed by atoms with Gasteiger partial charge in [0, 0.05) is 6.26 Å². The van der Waals surface area contributed by atoms with Crippen LogP contribution in [0.15, 0.2) is 51.1 Å². The van der Waals surface area contributed by atoms with Gasteiger partial charge in [-0.25, -0.2) is 9.19 Å². The Kier molecular flexibility index (Phi) is 5.07. The topological polar surface area (TPSA) is 90.5 Å². The molecule has 1 aliphatic rings. The number of hydrogen-bond donors (Lipinski definition) is 3. The molecule has 0 saturated heterocycles. The van der Waals surface area contributed by atoms with Crippen LogP contribution in [0, 0.1) is 5.41 Å². The maximum absolute atomic E-state index is 11.9. The molecule has 0 bridgehead atoms. The number of amides is 2. The van der Waals surface area contributed by atoms with E-state index in [2.05, 4.69) is 15.0 Å². The lowest BCUT2D eigenvalue weighted by atomic mass is 10.1. The first-order valence-corrected chi connectivity index (χ1v) is 7.45. The Hall–Kier alpha value is -2.19. The highest BCUT2D eigenvalue weighted by Gasteiger charge is 2.17. The molecule has 1 aromatic heterocycles. The van der Waals surface area contributed by atoms with Crippen molar-refractivity contribution in [1.29, 1.82) is 5.41 Å². The first-order chi connectivity index (χ1) is 10.1. The number of carbonyl (C=O) groups excluding carboxylic acids is 1. The van der Waals surface area contributed by atoms with Gasteiger partial charge in [-0.05, 0) is 36.2 Å². The van der Waals surface area contributed by atoms with Crippen LogP contribution >= 0.6 is 24.2 Å². The number of hydrogen-bond acceptors (Lipinski definition) is 6. The average molecular weight is 320 g/mol. The van der Waals surface area contributed by atoms with E-state index < -0.39 is 6.03 Å². The molecule has 0 saturated carbocycles. The van der Waals surface area contributed by atoms with Gasteiger partial charge in [-0.3, -0.25) is 10.7 Å². The Labute approximate surface area is 131 Å². The van der Waals surface area contributed by atoms with E-state index in [0.29, 0.717) is 17.2 Å². The molecule has 0 radical (unpaired) electrons. The highest BCUT2D eigenvalue weighted by Crippen LogP contribution is 2.08. The Morgan fingerprint density at radius 3 is 3.00 bits per heavy atom. The third-order valence-corrected chi connectivity index (χ3v) is 3.13. The third kappa shape index (κ3) is 3.89. The van der Waals surface area contributed by atoms with Crippen LogP contribution in [0.25, 0.3) is 0 Å². The van der Waals surface area contributed by atoms with Crippen LogP contribution in [0.5, 0.6) is 0 Å². The number of nitrogens with one attached hydrogen (secondary N) is 3. The molecule has 21 heavy (non-hydrogen) atoms. The fourth-order valence-corrected chi connectivity index (χ4v) is 2.10. The highest BCUT2D eigenvalue weighted by molar-refractivity contribution is 7.97. The first kappa shape index (κ1) is 15.2. The second-order valence-electron chi connectivity index (χ2n) is 3.86. The summed E-state index contributed by atoms with van der Waals surface area (Å²) in [5, 5.41) is 13.0. The molecule has 1 aliphatic carbocycles. The van der Waals surface area contributed by atoms with E-state index >= 15 is 0 Å². The Bertz CT molecular complexity index is 660. The lowest BCUT2D eigenvalue weighted by Crippen LogP contribution is -2.41. The zero-order valence-corrected chi connectivity index (χ0v) is 12.7. The quantitative estimate of drug-likeness (QED) is 0.453. The summed E-state index contributed by atoms with van der Waals surface area (Å²) in [6, 6.07) is 2.79. The van der Waals surface area contributed by atoms with E-state index in [9.17, 15) is 4.79 Å². The molecule has 0 aromatic carbocycles. The molecule has 2 amide bonds. The van der Waals surface area contributed by atoms with E-state index in [-0.39, 0.29) is 10.7 Å². The van der Waals surface area contributed by atoms with Crippen LogP contribution in [0.1, 0.15) is 5.76 Å². The fraction of sp³-hybridized carbons (Fsp3) is 0.0769. The van der Waals surface area contributed by atoms with Crippen molar-refractivity contribution in [1.82, 2.24) is 10.6 Å². The molecule has 0 unspecified atom stereocenters. The van der Waals surface area contributed by atoms with Gasteiger partial charge in [-0.1, -0.05) is 18.3 Å². The van der Waals surface area contributed by atoms with Crippen LogP contribution in [-0.4, -0.2) is 28.7 Å². The van der Waals surface area contributed by atoms with Gasteiger partial charge in [0.1, 0.15) is 5.71 Å². The van der Waals surface area contributed by atoms with Gasteiger partial charge in [0.25, 0.3) is 0 Å². The van der Waals surface area contributed by atoms with Crippen molar-refractivity contribution in [2.45, 2.75) is 0 Å². The SMILES string of the molecule is CS/N=C1/C=CC=C(NC(=O)NC(=S)c2ccco2)C1=N. The summed E-state index contributed by atoms with van der Waals surface area (Å²) in [5.41, 5.74) is 0.991. The zero-order chi connectivity index (χ0) is 15.2. The molecule has 108 valence electrons. The molecule has 0 spiro atoms. The molecule has 8 heteroatoms. The molecular formula is C13H12N4O2S2. The number of nitrogens with zero attached hydrogens (tertiary/aromatic N) is 1. The second-order valence-corrected chi connectivity index (χ2v) is 4.82. The summed E-state index contributed by atoms with van der Waals surface area (Å²) in [6.07, 6.45) is 8.31. The molecule has 0 atom stereocenters. The summed E-state index contributed by atoms with van der Waals surface area (Å²) in [4.78, 5) is 12.0. The van der Waals surface area contributed by atoms with Gasteiger partial charge in [0.05, 0.1) is 17.7 Å². The van der Waals surface area contributed by atoms with Gasteiger partial charge in [-0.2, -0.15) is 0 Å². The first-order valence-electron chi connectivity index (χ1n) is 5.86. The summed E-state index contributed by atoms with van der Waals surface area (Å²) >= 11 is 6.28. The van der Waals surface area contributed by atoms with Gasteiger partial charge in [-0.15, -0.1) is 0 Å². The Balaban J connectivity index is 1.98. The largest absolute Gasteiger partial charge is 0.462 e. The molecule has 6 nitrogen and oxygen atoms in total. The number of thiocarbonyl (C=S) groups is 1. The van der Waals surface area contributed by atoms with Crippen molar-refractivity contribution in [3.8, 4) is 0 Å². The lowest BCUT2D eigenvalue weighted by Gasteiger charge is -2.14. The van der Waals surface area contributed by atoms with Gasteiger partial charge >= 0.3 is 6.03 Å². The van der Waals surface area contributed by atoms with Crippen LogP contribution in [0.3, 0.4) is 0 Å². The summed E-state index contributed by atoms with van der Waals surface area (Å²) in [5.74, 6) is 0.400. The van der Waals surface area contributed by atoms with E-state index in [1.54, 1.807) is 36.6 Å². The van der Waals surface area contributed by atoms with E-state index in [4.69, 9.17) is 22.0 Å². The van der Waals surface area contributed by atoms with Gasteiger partial charge < -0.3 is 9.73 Å². The van der Waals surface area contributed by atoms with E-state index in [1.165, 1.54) is 18.2 Å². The number of allylic oxidation sites excluding steroid dienone is 4. The maximum Gasteiger partial charge on any atom is 0.324 e. The molecule has 1 heterocycles. The average Bonchev–Trinajstić information content (AvgIpc) is 2.97. The number of rotatable bonds is 3. The summed E-state index contributed by atoms with van der Waals surface area (Å²) in [6.45, 7) is 0. The van der Waals surface area contributed by atoms with Gasteiger partial charge in [0.2, 0.25) is 0 Å². The zero-order valence-electron chi connectivity index (χ0n) is 11.0. The standard InChI is InChI=1S/C13H12N4O2S2/c1-21-17-9-5-2-4-8(11(9)14)15-13(18)16-12(20)10-6-3-7-19-10/h2-7,14H,1H3,(H2,15,16,18,20)/b14-11?,17-9-. The molecular weight excluding hydrogens is 308 g/mol. The van der Waals surface area contributed by atoms with Crippen LogP contribution in [0.2, 0.25) is 0 Å². The van der Waals surface area contributed by atoms with Crippen molar-refractivity contribution < 1.29 is 9.21 Å². The highest BCUT2D eigenvalue weighted by atomic mass is 32.2. The van der Waals surface area contributed by atoms with E-state index in [0.717, 1.165) is 0 Å². The second kappa shape index (κ2) is 7.00. The predicted molar refractivity (Wildman–Crippen MR) is 88.0 cm³/mol. The fourth-order valence-electron chi connectivity index (χ4n) is 1.54. The Morgan fingerprint density at radius 1 is 1.52 bits per heavy atom. The molecule has 1 aromatic rings. The normalized spacial score (nSPS) is 15.8. The van der Waals surface area contributed by atoms with Crippen molar-refractivity contribution in [2.24, 2.45) is 4.40 Å². The maximum atomic E-state index is 11.9. The number of furan rings is 1. The predicted octanol–water partition coefficient (Wildman–Crippen LogP) is 2.45. The third-order valence-electron chi connectivity index (χ3n) is 2.45. The number of urea groups is 1. The van der Waals surface area contributed by atoms with Crippen LogP contribution in [-0.2, 0) is 0 Å². The van der Waals surface area contributed by atoms with Crippen molar-refractivity contribution in [3.05, 3.63) is 48.1 Å². The molecule has 3 N–H and O–H groups in total. The molecule has 0 aliphatic heterocycles. The minimum atomic E-state index is -0.536. The van der Waals surface area contributed by atoms with Gasteiger partial charge in [0.15, 0.2) is 10.7 Å². The van der Waals surface area contributed by atoms with Crippen molar-refractivity contribution in [3.63, 3.8) is 0 Å². The lowest BCUT2D eigenvalue weighted by molar-refractivity contribution is 0.248. The molecule has 2 rings (SSSR count).